The van der Waals surface area contributed by atoms with Gasteiger partial charge in [0.2, 0.25) is 0 Å². The van der Waals surface area contributed by atoms with Crippen LogP contribution in [0.4, 0.5) is 0 Å². The maximum absolute atomic E-state index is 13.2. The lowest BCUT2D eigenvalue weighted by atomic mass is 9.94. The van der Waals surface area contributed by atoms with Crippen LogP contribution < -0.4 is 0 Å². The number of quaternary nitrogens is 1. The topological polar surface area (TPSA) is 69.7 Å². The highest BCUT2D eigenvalue weighted by Gasteiger charge is 2.28. The first-order chi connectivity index (χ1) is 23.7. The van der Waals surface area contributed by atoms with E-state index in [1.807, 2.05) is 0 Å². The zero-order valence-electron chi connectivity index (χ0n) is 33.6. The minimum absolute atomic E-state index is 0.0733. The van der Waals surface area contributed by atoms with Crippen LogP contribution in [0.2, 0.25) is 0 Å². The molecule has 0 unspecified atom stereocenters. The number of hydrogen-bond donors (Lipinski definition) is 0. The van der Waals surface area contributed by atoms with Crippen molar-refractivity contribution in [1.29, 1.82) is 0 Å². The maximum Gasteiger partial charge on any atom is 0.316 e. The van der Waals surface area contributed by atoms with Gasteiger partial charge in [-0.2, -0.15) is 0 Å². The largest absolute Gasteiger partial charge is 0.466 e. The van der Waals surface area contributed by atoms with E-state index in [0.29, 0.717) is 19.6 Å². The number of ether oxygens (including phenoxy) is 2. The summed E-state index contributed by atoms with van der Waals surface area (Å²) in [5.74, 6) is -1.68. The fourth-order valence-corrected chi connectivity index (χ4v) is 6.50. The Bertz CT molecular complexity index is 762. The number of rotatable bonds is 38. The van der Waals surface area contributed by atoms with Gasteiger partial charge in [-0.3, -0.25) is 14.4 Å². The molecule has 0 aromatic heterocycles. The van der Waals surface area contributed by atoms with Gasteiger partial charge in [0.05, 0.1) is 40.9 Å². The highest BCUT2D eigenvalue weighted by molar-refractivity contribution is 5.99. The molecule has 6 heteroatoms. The lowest BCUT2D eigenvalue weighted by Gasteiger charge is -2.23. The molecule has 0 heterocycles. The van der Waals surface area contributed by atoms with Crippen LogP contribution in [-0.2, 0) is 23.9 Å². The molecule has 0 bridgehead atoms. The van der Waals surface area contributed by atoms with Gasteiger partial charge in [0.1, 0.15) is 11.7 Å². The van der Waals surface area contributed by atoms with Crippen LogP contribution in [0, 0.1) is 5.92 Å². The van der Waals surface area contributed by atoms with Crippen molar-refractivity contribution in [2.24, 2.45) is 5.92 Å². The van der Waals surface area contributed by atoms with Crippen molar-refractivity contribution < 1.29 is 28.3 Å². The predicted molar refractivity (Wildman–Crippen MR) is 208 cm³/mol. The Morgan fingerprint density at radius 1 is 0.449 bits per heavy atom. The number of carbonyl (C=O) groups is 3. The summed E-state index contributed by atoms with van der Waals surface area (Å²) in [4.78, 5) is 38.7. The normalized spacial score (nSPS) is 12.3. The van der Waals surface area contributed by atoms with Crippen LogP contribution in [-0.4, -0.2) is 63.1 Å². The van der Waals surface area contributed by atoms with Crippen LogP contribution in [0.15, 0.2) is 0 Å². The zero-order valence-corrected chi connectivity index (χ0v) is 33.6. The lowest BCUT2D eigenvalue weighted by Crippen LogP contribution is -2.35. The predicted octanol–water partition coefficient (Wildman–Crippen LogP) is 12.1. The van der Waals surface area contributed by atoms with E-state index in [4.69, 9.17) is 9.47 Å². The molecule has 0 aromatic carbocycles. The Morgan fingerprint density at radius 3 is 1.24 bits per heavy atom. The molecule has 6 nitrogen and oxygen atoms in total. The van der Waals surface area contributed by atoms with Crippen molar-refractivity contribution in [3.8, 4) is 0 Å². The smallest absolute Gasteiger partial charge is 0.316 e. The van der Waals surface area contributed by atoms with E-state index >= 15 is 0 Å². The Balaban J connectivity index is 4.39. The summed E-state index contributed by atoms with van der Waals surface area (Å²) in [5.41, 5.74) is 0. The fraction of sp³-hybridized carbons (Fsp3) is 0.930. The first kappa shape index (κ1) is 47.6. The number of hydrogen-bond acceptors (Lipinski definition) is 5. The van der Waals surface area contributed by atoms with Gasteiger partial charge in [0, 0.05) is 12.8 Å². The van der Waals surface area contributed by atoms with Crippen LogP contribution in [0.25, 0.3) is 0 Å². The Labute approximate surface area is 305 Å². The van der Waals surface area contributed by atoms with E-state index in [2.05, 4.69) is 35.0 Å². The average Bonchev–Trinajstić information content (AvgIpc) is 3.06. The van der Waals surface area contributed by atoms with Crippen molar-refractivity contribution >= 4 is 17.7 Å². The van der Waals surface area contributed by atoms with Gasteiger partial charge in [0.25, 0.3) is 0 Å². The summed E-state index contributed by atoms with van der Waals surface area (Å²) in [6.07, 6.45) is 34.4. The molecule has 0 N–H and O–H groups in total. The molecule has 290 valence electrons. The Kier molecular flexibility index (Phi) is 34.0. The van der Waals surface area contributed by atoms with Crippen LogP contribution >= 0.6 is 0 Å². The van der Waals surface area contributed by atoms with Gasteiger partial charge >= 0.3 is 11.9 Å². The second kappa shape index (κ2) is 35.0. The minimum Gasteiger partial charge on any atom is -0.466 e. The van der Waals surface area contributed by atoms with E-state index in [1.165, 1.54) is 135 Å². The maximum atomic E-state index is 13.2. The molecule has 0 fully saturated rings. The van der Waals surface area contributed by atoms with Gasteiger partial charge in [0.15, 0.2) is 0 Å². The fourth-order valence-electron chi connectivity index (χ4n) is 6.50. The highest BCUT2D eigenvalue weighted by atomic mass is 16.5. The summed E-state index contributed by atoms with van der Waals surface area (Å²) >= 11 is 0. The quantitative estimate of drug-likeness (QED) is 0.0278. The average molecular weight is 695 g/mol. The standard InChI is InChI=1S/C43H84NO5/c1-6-8-10-12-14-16-20-24-28-32-38-48-42(46)36-35-40(43(47)49-39-33-29-25-21-17-15-13-11-9-7-2)41(45)34-30-26-22-18-19-23-27-31-37-44(3,4)5/h40H,6-39H2,1-5H3/q+1/t40-/m0/s1. The van der Waals surface area contributed by atoms with Crippen molar-refractivity contribution in [2.75, 3.05) is 40.9 Å². The number of Topliss-reactive ketones (excluding diaryl/α,β-unsaturated/α-hetero) is 1. The van der Waals surface area contributed by atoms with E-state index in [9.17, 15) is 14.4 Å². The molecule has 0 spiro atoms. The molecular formula is C43H84NO5+. The van der Waals surface area contributed by atoms with Gasteiger partial charge in [-0.05, 0) is 38.5 Å². The molecule has 0 rings (SSSR count). The minimum atomic E-state index is -0.853. The second-order valence-electron chi connectivity index (χ2n) is 15.9. The summed E-state index contributed by atoms with van der Waals surface area (Å²) in [6.45, 7) is 6.50. The highest BCUT2D eigenvalue weighted by Crippen LogP contribution is 2.18. The van der Waals surface area contributed by atoms with E-state index < -0.39 is 11.9 Å². The van der Waals surface area contributed by atoms with E-state index in [-0.39, 0.29) is 24.6 Å². The zero-order chi connectivity index (χ0) is 36.3. The van der Waals surface area contributed by atoms with Gasteiger partial charge in [-0.25, -0.2) is 0 Å². The van der Waals surface area contributed by atoms with Gasteiger partial charge in [-0.15, -0.1) is 0 Å². The Hall–Kier alpha value is -1.43. The molecule has 0 aliphatic rings. The molecular weight excluding hydrogens is 610 g/mol. The molecule has 0 saturated heterocycles. The summed E-state index contributed by atoms with van der Waals surface area (Å²) in [7, 11) is 6.74. The molecule has 0 aliphatic carbocycles. The van der Waals surface area contributed by atoms with Crippen molar-refractivity contribution in [2.45, 2.75) is 213 Å². The van der Waals surface area contributed by atoms with Gasteiger partial charge < -0.3 is 14.0 Å². The number of ketones is 1. The molecule has 0 amide bonds. The molecule has 0 aromatic rings. The van der Waals surface area contributed by atoms with E-state index in [1.54, 1.807) is 0 Å². The SMILES string of the molecule is CCCCCCCCCCCCOC(=O)CC[C@@H](C(=O)CCCCCCCCCC[N+](C)(C)C)C(=O)OCCCCCCCCCCCC. The van der Waals surface area contributed by atoms with Gasteiger partial charge in [-0.1, -0.05) is 162 Å². The third kappa shape index (κ3) is 34.8. The number of nitrogens with zero attached hydrogens (tertiary/aromatic N) is 1. The van der Waals surface area contributed by atoms with E-state index in [0.717, 1.165) is 55.8 Å². The first-order valence-electron chi connectivity index (χ1n) is 21.4. The molecule has 1 atom stereocenters. The summed E-state index contributed by atoms with van der Waals surface area (Å²) < 4.78 is 12.1. The van der Waals surface area contributed by atoms with Crippen LogP contribution in [0.5, 0.6) is 0 Å². The van der Waals surface area contributed by atoms with Crippen LogP contribution in [0.1, 0.15) is 213 Å². The monoisotopic (exact) mass is 695 g/mol. The molecule has 0 aliphatic heterocycles. The third-order valence-corrected chi connectivity index (χ3v) is 9.82. The Morgan fingerprint density at radius 2 is 0.816 bits per heavy atom. The molecule has 0 radical (unpaired) electrons. The summed E-state index contributed by atoms with van der Waals surface area (Å²) in [6, 6.07) is 0. The number of carbonyl (C=O) groups excluding carboxylic acids is 3. The van der Waals surface area contributed by atoms with Crippen LogP contribution in [0.3, 0.4) is 0 Å². The lowest BCUT2D eigenvalue weighted by molar-refractivity contribution is -0.870. The molecule has 0 saturated carbocycles. The third-order valence-electron chi connectivity index (χ3n) is 9.82. The summed E-state index contributed by atoms with van der Waals surface area (Å²) in [5, 5.41) is 0. The van der Waals surface area contributed by atoms with Crippen molar-refractivity contribution in [1.82, 2.24) is 0 Å². The molecule has 49 heavy (non-hydrogen) atoms. The first-order valence-corrected chi connectivity index (χ1v) is 21.4. The number of esters is 2. The van der Waals surface area contributed by atoms with Crippen molar-refractivity contribution in [3.63, 3.8) is 0 Å². The number of unbranched alkanes of at least 4 members (excludes halogenated alkanes) is 25. The van der Waals surface area contributed by atoms with Crippen molar-refractivity contribution in [3.05, 3.63) is 0 Å². The second-order valence-corrected chi connectivity index (χ2v) is 15.9.